The monoisotopic (exact) mass is 379 g/mol. The van der Waals surface area contributed by atoms with Gasteiger partial charge < -0.3 is 10.6 Å². The van der Waals surface area contributed by atoms with Crippen LogP contribution in [0.15, 0.2) is 30.3 Å². The number of hydrogen-bond donors (Lipinski definition) is 1. The van der Waals surface area contributed by atoms with Gasteiger partial charge in [-0.15, -0.1) is 0 Å². The predicted molar refractivity (Wildman–Crippen MR) is 103 cm³/mol. The zero-order valence-electron chi connectivity index (χ0n) is 15.5. The van der Waals surface area contributed by atoms with Gasteiger partial charge in [0, 0.05) is 37.6 Å². The van der Waals surface area contributed by atoms with E-state index >= 15 is 0 Å². The number of rotatable bonds is 5. The molecule has 2 unspecified atom stereocenters. The second kappa shape index (κ2) is 7.66. The number of carbonyl (C=O) groups is 1. The molecule has 2 aliphatic heterocycles. The Morgan fingerprint density at radius 1 is 1.31 bits per heavy atom. The maximum absolute atomic E-state index is 13.1. The van der Waals surface area contributed by atoms with Crippen LogP contribution in [0.3, 0.4) is 0 Å². The van der Waals surface area contributed by atoms with Crippen molar-refractivity contribution in [1.82, 2.24) is 9.80 Å². The van der Waals surface area contributed by atoms with Crippen LogP contribution in [0.5, 0.6) is 0 Å². The second-order valence-electron chi connectivity index (χ2n) is 7.49. The number of nitrogens with zero attached hydrogens (tertiary/aromatic N) is 2. The lowest BCUT2D eigenvalue weighted by atomic mass is 9.95. The molecule has 2 fully saturated rings. The fraction of sp³-hybridized carbons (Fsp3) is 0.632. The molecule has 4 atom stereocenters. The van der Waals surface area contributed by atoms with Crippen molar-refractivity contribution < 1.29 is 13.2 Å². The number of carbonyl (C=O) groups excluding carboxylic acids is 1. The molecule has 0 aromatic heterocycles. The molecule has 6 nitrogen and oxygen atoms in total. The smallest absolute Gasteiger partial charge is 0.239 e. The number of hydrogen-bond acceptors (Lipinski definition) is 5. The van der Waals surface area contributed by atoms with Crippen LogP contribution in [-0.2, 0) is 14.6 Å². The molecule has 0 spiro atoms. The van der Waals surface area contributed by atoms with Gasteiger partial charge in [-0.3, -0.25) is 9.69 Å². The highest BCUT2D eigenvalue weighted by molar-refractivity contribution is 7.91. The third-order valence-electron chi connectivity index (χ3n) is 5.80. The third-order valence-corrected chi connectivity index (χ3v) is 7.55. The van der Waals surface area contributed by atoms with Gasteiger partial charge in [0.05, 0.1) is 17.5 Å². The van der Waals surface area contributed by atoms with Crippen LogP contribution in [0, 0.1) is 0 Å². The third kappa shape index (κ3) is 3.94. The molecule has 0 radical (unpaired) electrons. The predicted octanol–water partition coefficient (Wildman–Crippen LogP) is 0.837. The summed E-state index contributed by atoms with van der Waals surface area (Å²) in [6, 6.07) is 9.69. The highest BCUT2D eigenvalue weighted by atomic mass is 32.2. The standard InChI is InChI=1S/C19H29N3O3S/c1-3-22(16-9-10-26(24,25)13-16)19(23)14(2)21-11-17(18(20)12-21)15-7-5-4-6-8-15/h4-8,14,16-18H,3,9-13,20H2,1-2H3/t14?,16?,17-,18+/m0/s1. The minimum atomic E-state index is -3.01. The van der Waals surface area contributed by atoms with Crippen LogP contribution in [0.1, 0.15) is 31.7 Å². The fourth-order valence-electron chi connectivity index (χ4n) is 4.24. The van der Waals surface area contributed by atoms with Crippen molar-refractivity contribution in [3.8, 4) is 0 Å². The Hall–Kier alpha value is -1.44. The zero-order valence-corrected chi connectivity index (χ0v) is 16.4. The van der Waals surface area contributed by atoms with E-state index in [-0.39, 0.29) is 41.5 Å². The summed E-state index contributed by atoms with van der Waals surface area (Å²) in [7, 11) is -3.01. The topological polar surface area (TPSA) is 83.7 Å². The van der Waals surface area contributed by atoms with E-state index in [1.807, 2.05) is 32.0 Å². The van der Waals surface area contributed by atoms with Crippen molar-refractivity contribution in [1.29, 1.82) is 0 Å². The van der Waals surface area contributed by atoms with Crippen molar-refractivity contribution >= 4 is 15.7 Å². The van der Waals surface area contributed by atoms with Crippen molar-refractivity contribution in [2.45, 2.75) is 44.3 Å². The van der Waals surface area contributed by atoms with E-state index < -0.39 is 9.84 Å². The molecule has 1 aromatic rings. The molecule has 3 rings (SSSR count). The Morgan fingerprint density at radius 3 is 2.58 bits per heavy atom. The Balaban J connectivity index is 1.68. The van der Waals surface area contributed by atoms with Crippen LogP contribution in [0.2, 0.25) is 0 Å². The first kappa shape index (κ1) is 19.3. The Kier molecular flexibility index (Phi) is 5.69. The van der Waals surface area contributed by atoms with Crippen molar-refractivity contribution in [3.63, 3.8) is 0 Å². The van der Waals surface area contributed by atoms with E-state index in [4.69, 9.17) is 5.73 Å². The molecular weight excluding hydrogens is 350 g/mol. The fourth-order valence-corrected chi connectivity index (χ4v) is 5.97. The average Bonchev–Trinajstić information content (AvgIpc) is 3.18. The molecular formula is C19H29N3O3S. The summed E-state index contributed by atoms with van der Waals surface area (Å²) in [6.07, 6.45) is 0.542. The molecule has 2 heterocycles. The molecule has 0 saturated carbocycles. The molecule has 2 N–H and O–H groups in total. The number of likely N-dealkylation sites (N-methyl/N-ethyl adjacent to an activating group) is 1. The first-order chi connectivity index (χ1) is 12.3. The molecule has 2 saturated heterocycles. The maximum Gasteiger partial charge on any atom is 0.239 e. The SMILES string of the molecule is CCN(C(=O)C(C)N1C[C@@H](N)[C@H](c2ccccc2)C1)C1CCS(=O)(=O)C1. The highest BCUT2D eigenvalue weighted by Gasteiger charge is 2.40. The summed E-state index contributed by atoms with van der Waals surface area (Å²) >= 11 is 0. The summed E-state index contributed by atoms with van der Waals surface area (Å²) < 4.78 is 23.6. The summed E-state index contributed by atoms with van der Waals surface area (Å²) in [6.45, 7) is 5.78. The van der Waals surface area contributed by atoms with Crippen molar-refractivity contribution in [3.05, 3.63) is 35.9 Å². The van der Waals surface area contributed by atoms with Gasteiger partial charge in [0.1, 0.15) is 0 Å². The first-order valence-corrected chi connectivity index (χ1v) is 11.2. The normalized spacial score (nSPS) is 29.6. The minimum Gasteiger partial charge on any atom is -0.338 e. The van der Waals surface area contributed by atoms with Gasteiger partial charge in [-0.2, -0.15) is 0 Å². The molecule has 1 aromatic carbocycles. The van der Waals surface area contributed by atoms with Gasteiger partial charge in [0.25, 0.3) is 0 Å². The van der Waals surface area contributed by atoms with Gasteiger partial charge >= 0.3 is 0 Å². The molecule has 0 aliphatic carbocycles. The van der Waals surface area contributed by atoms with Crippen LogP contribution >= 0.6 is 0 Å². The molecule has 1 amide bonds. The Bertz CT molecular complexity index is 738. The second-order valence-corrected chi connectivity index (χ2v) is 9.72. The van der Waals surface area contributed by atoms with E-state index in [1.165, 1.54) is 5.56 Å². The number of likely N-dealkylation sites (tertiary alicyclic amines) is 1. The summed E-state index contributed by atoms with van der Waals surface area (Å²) in [5.41, 5.74) is 7.56. The van der Waals surface area contributed by atoms with Gasteiger partial charge in [-0.25, -0.2) is 8.42 Å². The Labute approximate surface area is 156 Å². The Morgan fingerprint density at radius 2 is 2.00 bits per heavy atom. The average molecular weight is 380 g/mol. The number of sulfone groups is 1. The maximum atomic E-state index is 13.1. The lowest BCUT2D eigenvalue weighted by Crippen LogP contribution is -2.50. The molecule has 2 aliphatic rings. The lowest BCUT2D eigenvalue weighted by molar-refractivity contribution is -0.137. The van der Waals surface area contributed by atoms with E-state index in [0.717, 1.165) is 6.54 Å². The summed E-state index contributed by atoms with van der Waals surface area (Å²) in [5.74, 6) is 0.496. The lowest BCUT2D eigenvalue weighted by Gasteiger charge is -2.33. The van der Waals surface area contributed by atoms with Crippen LogP contribution in [-0.4, -0.2) is 73.4 Å². The van der Waals surface area contributed by atoms with Crippen LogP contribution in [0.4, 0.5) is 0 Å². The number of amides is 1. The van der Waals surface area contributed by atoms with E-state index in [1.54, 1.807) is 4.90 Å². The molecule has 26 heavy (non-hydrogen) atoms. The minimum absolute atomic E-state index is 0.00501. The molecule has 144 valence electrons. The van der Waals surface area contributed by atoms with Gasteiger partial charge in [0.2, 0.25) is 5.91 Å². The number of nitrogens with two attached hydrogens (primary N) is 1. The van der Waals surface area contributed by atoms with E-state index in [0.29, 0.717) is 19.5 Å². The largest absolute Gasteiger partial charge is 0.338 e. The summed E-state index contributed by atoms with van der Waals surface area (Å²) in [5, 5.41) is 0. The summed E-state index contributed by atoms with van der Waals surface area (Å²) in [4.78, 5) is 16.9. The van der Waals surface area contributed by atoms with Crippen LogP contribution < -0.4 is 5.73 Å². The van der Waals surface area contributed by atoms with Gasteiger partial charge in [-0.05, 0) is 25.8 Å². The van der Waals surface area contributed by atoms with Crippen molar-refractivity contribution in [2.24, 2.45) is 5.73 Å². The van der Waals surface area contributed by atoms with E-state index in [9.17, 15) is 13.2 Å². The zero-order chi connectivity index (χ0) is 18.9. The van der Waals surface area contributed by atoms with E-state index in [2.05, 4.69) is 17.0 Å². The van der Waals surface area contributed by atoms with Gasteiger partial charge in [-0.1, -0.05) is 30.3 Å². The molecule has 0 bridgehead atoms. The quantitative estimate of drug-likeness (QED) is 0.820. The van der Waals surface area contributed by atoms with Crippen molar-refractivity contribution in [2.75, 3.05) is 31.1 Å². The molecule has 7 heteroatoms. The van der Waals surface area contributed by atoms with Crippen LogP contribution in [0.25, 0.3) is 0 Å². The highest BCUT2D eigenvalue weighted by Crippen LogP contribution is 2.28. The van der Waals surface area contributed by atoms with Gasteiger partial charge in [0.15, 0.2) is 9.84 Å². The number of benzene rings is 1. The first-order valence-electron chi connectivity index (χ1n) is 9.38.